The zero-order valence-corrected chi connectivity index (χ0v) is 12.8. The van der Waals surface area contributed by atoms with Crippen molar-refractivity contribution in [3.63, 3.8) is 0 Å². The third-order valence-corrected chi connectivity index (χ3v) is 4.56. The Morgan fingerprint density at radius 1 is 1.05 bits per heavy atom. The average molecular weight is 298 g/mol. The SMILES string of the molecule is CCCC1CCOC1(c1cccc(O)c1)c1cccc(O)c1. The van der Waals surface area contributed by atoms with Crippen molar-refractivity contribution >= 4 is 0 Å². The Labute approximate surface area is 131 Å². The topological polar surface area (TPSA) is 49.7 Å². The maximum atomic E-state index is 9.90. The van der Waals surface area contributed by atoms with E-state index in [4.69, 9.17) is 4.74 Å². The van der Waals surface area contributed by atoms with Gasteiger partial charge in [0.2, 0.25) is 0 Å². The van der Waals surface area contributed by atoms with Gasteiger partial charge in [0.15, 0.2) is 0 Å². The maximum absolute atomic E-state index is 9.90. The summed E-state index contributed by atoms with van der Waals surface area (Å²) in [6, 6.07) is 14.6. The molecule has 1 aliphatic rings. The predicted molar refractivity (Wildman–Crippen MR) is 86.0 cm³/mol. The number of phenolic OH excluding ortho intramolecular Hbond substituents is 2. The second kappa shape index (κ2) is 6.01. The van der Waals surface area contributed by atoms with Gasteiger partial charge in [0, 0.05) is 6.61 Å². The number of phenols is 2. The molecule has 2 N–H and O–H groups in total. The summed E-state index contributed by atoms with van der Waals surface area (Å²) in [6.07, 6.45) is 3.11. The van der Waals surface area contributed by atoms with Crippen molar-refractivity contribution in [3.8, 4) is 11.5 Å². The fraction of sp³-hybridized carbons (Fsp3) is 0.368. The van der Waals surface area contributed by atoms with Gasteiger partial charge >= 0.3 is 0 Å². The summed E-state index contributed by atoms with van der Waals surface area (Å²) in [5, 5.41) is 19.8. The number of benzene rings is 2. The summed E-state index contributed by atoms with van der Waals surface area (Å²) in [7, 11) is 0. The number of aromatic hydroxyl groups is 2. The first-order chi connectivity index (χ1) is 10.7. The lowest BCUT2D eigenvalue weighted by molar-refractivity contribution is 0.00755. The van der Waals surface area contributed by atoms with Crippen molar-refractivity contribution in [1.29, 1.82) is 0 Å². The van der Waals surface area contributed by atoms with E-state index in [-0.39, 0.29) is 11.5 Å². The standard InChI is InChI=1S/C19H22O3/c1-2-5-14-10-11-22-19(14,15-6-3-8-17(20)12-15)16-7-4-9-18(21)13-16/h3-4,6-9,12-14,20-21H,2,5,10-11H2,1H3. The van der Waals surface area contributed by atoms with Gasteiger partial charge in [0.05, 0.1) is 0 Å². The van der Waals surface area contributed by atoms with E-state index in [0.29, 0.717) is 12.5 Å². The largest absolute Gasteiger partial charge is 0.508 e. The molecule has 0 spiro atoms. The van der Waals surface area contributed by atoms with Gasteiger partial charge in [-0.25, -0.2) is 0 Å². The Balaban J connectivity index is 2.18. The van der Waals surface area contributed by atoms with Gasteiger partial charge in [0.25, 0.3) is 0 Å². The van der Waals surface area contributed by atoms with Crippen LogP contribution in [-0.2, 0) is 10.3 Å². The third-order valence-electron chi connectivity index (χ3n) is 4.56. The van der Waals surface area contributed by atoms with Crippen molar-refractivity contribution in [2.24, 2.45) is 5.92 Å². The fourth-order valence-electron chi connectivity index (χ4n) is 3.66. The first-order valence-corrected chi connectivity index (χ1v) is 7.90. The molecule has 1 fully saturated rings. The van der Waals surface area contributed by atoms with Gasteiger partial charge in [0.1, 0.15) is 17.1 Å². The maximum Gasteiger partial charge on any atom is 0.121 e. The molecule has 0 radical (unpaired) electrons. The van der Waals surface area contributed by atoms with Crippen molar-refractivity contribution in [2.75, 3.05) is 6.61 Å². The van der Waals surface area contributed by atoms with Crippen LogP contribution < -0.4 is 0 Å². The van der Waals surface area contributed by atoms with Crippen LogP contribution in [0.15, 0.2) is 48.5 Å². The van der Waals surface area contributed by atoms with Crippen molar-refractivity contribution in [3.05, 3.63) is 59.7 Å². The second-order valence-electron chi connectivity index (χ2n) is 5.96. The Morgan fingerprint density at radius 3 is 2.14 bits per heavy atom. The Morgan fingerprint density at radius 2 is 1.64 bits per heavy atom. The molecule has 116 valence electrons. The zero-order chi connectivity index (χ0) is 15.6. The molecule has 1 heterocycles. The number of hydrogen-bond donors (Lipinski definition) is 2. The van der Waals surface area contributed by atoms with E-state index in [1.807, 2.05) is 24.3 Å². The molecule has 1 aliphatic heterocycles. The molecule has 3 heteroatoms. The van der Waals surface area contributed by atoms with Gasteiger partial charge in [-0.1, -0.05) is 37.6 Å². The van der Waals surface area contributed by atoms with Gasteiger partial charge in [-0.2, -0.15) is 0 Å². The Kier molecular flexibility index (Phi) is 4.08. The van der Waals surface area contributed by atoms with Crippen LogP contribution in [0.2, 0.25) is 0 Å². The van der Waals surface area contributed by atoms with Crippen LogP contribution in [0.4, 0.5) is 0 Å². The van der Waals surface area contributed by atoms with Crippen LogP contribution in [0.5, 0.6) is 11.5 Å². The van der Waals surface area contributed by atoms with Gasteiger partial charge < -0.3 is 14.9 Å². The highest BCUT2D eigenvalue weighted by Crippen LogP contribution is 2.49. The van der Waals surface area contributed by atoms with Crippen LogP contribution in [0.3, 0.4) is 0 Å². The number of ether oxygens (including phenoxy) is 1. The summed E-state index contributed by atoms with van der Waals surface area (Å²) in [6.45, 7) is 2.87. The van der Waals surface area contributed by atoms with Crippen molar-refractivity contribution in [1.82, 2.24) is 0 Å². The molecule has 2 aromatic rings. The average Bonchev–Trinajstić information content (AvgIpc) is 2.92. The third kappa shape index (κ3) is 2.46. The molecule has 0 aromatic heterocycles. The Hall–Kier alpha value is -2.00. The molecule has 0 amide bonds. The highest BCUT2D eigenvalue weighted by molar-refractivity contribution is 5.43. The van der Waals surface area contributed by atoms with E-state index >= 15 is 0 Å². The summed E-state index contributed by atoms with van der Waals surface area (Å²) >= 11 is 0. The summed E-state index contributed by atoms with van der Waals surface area (Å²) in [5.41, 5.74) is 1.32. The quantitative estimate of drug-likeness (QED) is 0.890. The molecule has 1 saturated heterocycles. The molecule has 0 bridgehead atoms. The molecule has 2 aromatic carbocycles. The number of hydrogen-bond acceptors (Lipinski definition) is 3. The van der Waals surface area contributed by atoms with Crippen LogP contribution in [0, 0.1) is 5.92 Å². The van der Waals surface area contributed by atoms with E-state index in [1.165, 1.54) is 0 Å². The highest BCUT2D eigenvalue weighted by atomic mass is 16.5. The van der Waals surface area contributed by atoms with Crippen molar-refractivity contribution < 1.29 is 14.9 Å². The predicted octanol–water partition coefficient (Wildman–Crippen LogP) is 4.18. The fourth-order valence-corrected chi connectivity index (χ4v) is 3.66. The minimum absolute atomic E-state index is 0.239. The van der Waals surface area contributed by atoms with Crippen LogP contribution in [0.25, 0.3) is 0 Å². The molecule has 22 heavy (non-hydrogen) atoms. The van der Waals surface area contributed by atoms with E-state index in [9.17, 15) is 10.2 Å². The monoisotopic (exact) mass is 298 g/mol. The van der Waals surface area contributed by atoms with E-state index in [1.54, 1.807) is 24.3 Å². The lowest BCUT2D eigenvalue weighted by Gasteiger charge is -2.36. The van der Waals surface area contributed by atoms with Gasteiger partial charge in [-0.3, -0.25) is 0 Å². The Bertz CT molecular complexity index is 605. The molecule has 3 rings (SSSR count). The molecular weight excluding hydrogens is 276 g/mol. The van der Waals surface area contributed by atoms with Crippen LogP contribution >= 0.6 is 0 Å². The number of rotatable bonds is 4. The first kappa shape index (κ1) is 14.9. The summed E-state index contributed by atoms with van der Waals surface area (Å²) in [4.78, 5) is 0. The molecule has 0 saturated carbocycles. The minimum Gasteiger partial charge on any atom is -0.508 e. The summed E-state index contributed by atoms with van der Waals surface area (Å²) in [5.74, 6) is 0.812. The molecular formula is C19H22O3. The molecule has 1 unspecified atom stereocenters. The zero-order valence-electron chi connectivity index (χ0n) is 12.8. The first-order valence-electron chi connectivity index (χ1n) is 7.90. The summed E-state index contributed by atoms with van der Waals surface area (Å²) < 4.78 is 6.27. The smallest absolute Gasteiger partial charge is 0.121 e. The normalized spacial score (nSPS) is 20.1. The second-order valence-corrected chi connectivity index (χ2v) is 5.96. The van der Waals surface area contributed by atoms with Crippen molar-refractivity contribution in [2.45, 2.75) is 31.8 Å². The lowest BCUT2D eigenvalue weighted by atomic mass is 9.74. The van der Waals surface area contributed by atoms with E-state index in [2.05, 4.69) is 6.92 Å². The molecule has 0 aliphatic carbocycles. The lowest BCUT2D eigenvalue weighted by Crippen LogP contribution is -2.34. The van der Waals surface area contributed by atoms with Gasteiger partial charge in [-0.15, -0.1) is 0 Å². The van der Waals surface area contributed by atoms with Crippen LogP contribution in [-0.4, -0.2) is 16.8 Å². The highest BCUT2D eigenvalue weighted by Gasteiger charge is 2.46. The van der Waals surface area contributed by atoms with E-state index < -0.39 is 5.60 Å². The van der Waals surface area contributed by atoms with Crippen LogP contribution in [0.1, 0.15) is 37.3 Å². The van der Waals surface area contributed by atoms with Gasteiger partial charge in [-0.05, 0) is 54.2 Å². The van der Waals surface area contributed by atoms with E-state index in [0.717, 1.165) is 30.4 Å². The minimum atomic E-state index is -0.590. The molecule has 3 nitrogen and oxygen atoms in total. The molecule has 1 atom stereocenters.